The normalized spacial score (nSPS) is 23.6. The minimum absolute atomic E-state index is 0.000349. The first kappa shape index (κ1) is 14.8. The first-order chi connectivity index (χ1) is 8.06. The largest absolute Gasteiger partial charge is 0.340 e. The number of carbonyl (C=O) groups is 1. The maximum Gasteiger partial charge on any atom is 0.239 e. The van der Waals surface area contributed by atoms with Crippen LogP contribution in [0.25, 0.3) is 0 Å². The van der Waals surface area contributed by atoms with Crippen LogP contribution < -0.4 is 0 Å². The second-order valence-corrected chi connectivity index (χ2v) is 6.57. The van der Waals surface area contributed by atoms with Crippen molar-refractivity contribution in [3.05, 3.63) is 0 Å². The van der Waals surface area contributed by atoms with Crippen molar-refractivity contribution in [3.63, 3.8) is 0 Å². The van der Waals surface area contributed by atoms with Crippen LogP contribution in [0, 0.1) is 0 Å². The Kier molecular flexibility index (Phi) is 6.34. The molecule has 0 aromatic carbocycles. The molecule has 1 aliphatic rings. The molecule has 0 aromatic heterocycles. The topological polar surface area (TPSA) is 23.6 Å². The third-order valence-corrected chi connectivity index (χ3v) is 4.66. The van der Waals surface area contributed by atoms with Crippen LogP contribution in [0.15, 0.2) is 0 Å². The molecule has 100 valence electrons. The summed E-state index contributed by atoms with van der Waals surface area (Å²) in [6, 6.07) is 0.000349. The molecule has 1 heterocycles. The highest BCUT2D eigenvalue weighted by atomic mass is 32.2. The summed E-state index contributed by atoms with van der Waals surface area (Å²) >= 11 is 2.00. The van der Waals surface area contributed by atoms with Crippen LogP contribution in [0.5, 0.6) is 0 Å². The van der Waals surface area contributed by atoms with Crippen LogP contribution in [0.3, 0.4) is 0 Å². The first-order valence-electron chi connectivity index (χ1n) is 6.63. The van der Waals surface area contributed by atoms with E-state index in [1.54, 1.807) is 0 Å². The van der Waals surface area contributed by atoms with Gasteiger partial charge in [-0.3, -0.25) is 9.69 Å². The van der Waals surface area contributed by atoms with Crippen molar-refractivity contribution in [2.24, 2.45) is 0 Å². The summed E-state index contributed by atoms with van der Waals surface area (Å²) in [4.78, 5) is 16.4. The Morgan fingerprint density at radius 3 is 2.76 bits per heavy atom. The number of thioether (sulfide) groups is 1. The van der Waals surface area contributed by atoms with Gasteiger partial charge in [0.1, 0.15) is 0 Å². The van der Waals surface area contributed by atoms with E-state index in [1.165, 1.54) is 12.8 Å². The Morgan fingerprint density at radius 1 is 1.47 bits per heavy atom. The maximum absolute atomic E-state index is 12.3. The molecule has 0 aromatic rings. The van der Waals surface area contributed by atoms with Crippen LogP contribution in [0.2, 0.25) is 0 Å². The lowest BCUT2D eigenvalue weighted by Crippen LogP contribution is -2.46. The summed E-state index contributed by atoms with van der Waals surface area (Å²) in [5.74, 6) is 1.44. The van der Waals surface area contributed by atoms with E-state index < -0.39 is 0 Å². The highest BCUT2D eigenvalue weighted by Crippen LogP contribution is 2.22. The standard InChI is InChI=1S/C13H26N2OS/c1-5-17-12-8-6-7-9-15(10-12)13(16)11(2)14(3)4/h11-12H,5-10H2,1-4H3/t11-,12?/m1/s1. The third kappa shape index (κ3) is 4.51. The number of nitrogens with zero attached hydrogens (tertiary/aromatic N) is 2. The fourth-order valence-corrected chi connectivity index (χ4v) is 3.25. The number of likely N-dealkylation sites (N-methyl/N-ethyl adjacent to an activating group) is 1. The maximum atomic E-state index is 12.3. The molecule has 1 rings (SSSR count). The predicted octanol–water partition coefficient (Wildman–Crippen LogP) is 2.07. The van der Waals surface area contributed by atoms with Crippen molar-refractivity contribution in [1.82, 2.24) is 9.80 Å². The molecule has 0 radical (unpaired) electrons. The van der Waals surface area contributed by atoms with Crippen LogP contribution in [-0.4, -0.2) is 59.9 Å². The Hall–Kier alpha value is -0.220. The molecule has 0 aliphatic carbocycles. The number of rotatable bonds is 4. The molecule has 0 spiro atoms. The summed E-state index contributed by atoms with van der Waals surface area (Å²) in [5, 5.41) is 0.640. The van der Waals surface area contributed by atoms with E-state index in [0.717, 1.165) is 25.3 Å². The van der Waals surface area contributed by atoms with Gasteiger partial charge in [-0.2, -0.15) is 11.8 Å². The van der Waals surface area contributed by atoms with E-state index in [9.17, 15) is 4.79 Å². The van der Waals surface area contributed by atoms with Gasteiger partial charge in [0.2, 0.25) is 5.91 Å². The fraction of sp³-hybridized carbons (Fsp3) is 0.923. The number of likely N-dealkylation sites (tertiary alicyclic amines) is 1. The molecule has 1 fully saturated rings. The zero-order valence-electron chi connectivity index (χ0n) is 11.6. The molecule has 1 saturated heterocycles. The molecule has 1 amide bonds. The lowest BCUT2D eigenvalue weighted by Gasteiger charge is -2.29. The summed E-state index contributed by atoms with van der Waals surface area (Å²) in [6.07, 6.45) is 3.68. The Labute approximate surface area is 110 Å². The number of carbonyl (C=O) groups excluding carboxylic acids is 1. The van der Waals surface area contributed by atoms with Crippen molar-refractivity contribution in [3.8, 4) is 0 Å². The quantitative estimate of drug-likeness (QED) is 0.771. The Balaban J connectivity index is 2.58. The second kappa shape index (κ2) is 7.27. The van der Waals surface area contributed by atoms with Gasteiger partial charge in [-0.25, -0.2) is 0 Å². The number of amides is 1. The second-order valence-electron chi connectivity index (χ2n) is 5.00. The van der Waals surface area contributed by atoms with E-state index in [4.69, 9.17) is 0 Å². The average molecular weight is 258 g/mol. The van der Waals surface area contributed by atoms with Crippen molar-refractivity contribution < 1.29 is 4.79 Å². The van der Waals surface area contributed by atoms with Gasteiger partial charge in [0, 0.05) is 18.3 Å². The predicted molar refractivity (Wildman–Crippen MR) is 75.5 cm³/mol. The van der Waals surface area contributed by atoms with Gasteiger partial charge in [0.15, 0.2) is 0 Å². The highest BCUT2D eigenvalue weighted by Gasteiger charge is 2.26. The summed E-state index contributed by atoms with van der Waals surface area (Å²) in [7, 11) is 3.94. The Bertz CT molecular complexity index is 246. The van der Waals surface area contributed by atoms with E-state index in [2.05, 4.69) is 11.8 Å². The molecule has 1 aliphatic heterocycles. The molecular formula is C13H26N2OS. The summed E-state index contributed by atoms with van der Waals surface area (Å²) in [5.41, 5.74) is 0. The fourth-order valence-electron chi connectivity index (χ4n) is 2.16. The molecule has 4 heteroatoms. The van der Waals surface area contributed by atoms with Gasteiger partial charge >= 0.3 is 0 Å². The smallest absolute Gasteiger partial charge is 0.239 e. The van der Waals surface area contributed by atoms with Crippen molar-refractivity contribution in [2.75, 3.05) is 32.9 Å². The number of hydrogen-bond acceptors (Lipinski definition) is 3. The van der Waals surface area contributed by atoms with E-state index in [0.29, 0.717) is 11.2 Å². The molecule has 0 bridgehead atoms. The minimum Gasteiger partial charge on any atom is -0.340 e. The first-order valence-corrected chi connectivity index (χ1v) is 7.68. The monoisotopic (exact) mass is 258 g/mol. The van der Waals surface area contributed by atoms with Crippen molar-refractivity contribution in [2.45, 2.75) is 44.4 Å². The Morgan fingerprint density at radius 2 is 2.18 bits per heavy atom. The SMILES string of the molecule is CCSC1CCCCN(C(=O)[C@@H](C)N(C)C)C1. The lowest BCUT2D eigenvalue weighted by atomic mass is 10.2. The van der Waals surface area contributed by atoms with Crippen LogP contribution in [0.4, 0.5) is 0 Å². The van der Waals surface area contributed by atoms with Crippen LogP contribution in [-0.2, 0) is 4.79 Å². The van der Waals surface area contributed by atoms with E-state index in [1.807, 2.05) is 37.7 Å². The molecule has 2 atom stereocenters. The van der Waals surface area contributed by atoms with Gasteiger partial charge in [-0.1, -0.05) is 13.3 Å². The van der Waals surface area contributed by atoms with E-state index in [-0.39, 0.29) is 6.04 Å². The van der Waals surface area contributed by atoms with Gasteiger partial charge in [-0.05, 0) is 39.6 Å². The molecule has 17 heavy (non-hydrogen) atoms. The zero-order chi connectivity index (χ0) is 12.8. The molecule has 3 nitrogen and oxygen atoms in total. The minimum atomic E-state index is 0.000349. The van der Waals surface area contributed by atoms with Crippen molar-refractivity contribution in [1.29, 1.82) is 0 Å². The highest BCUT2D eigenvalue weighted by molar-refractivity contribution is 7.99. The summed E-state index contributed by atoms with van der Waals surface area (Å²) < 4.78 is 0. The van der Waals surface area contributed by atoms with Crippen molar-refractivity contribution >= 4 is 17.7 Å². The number of hydrogen-bond donors (Lipinski definition) is 0. The van der Waals surface area contributed by atoms with Gasteiger partial charge < -0.3 is 4.90 Å². The summed E-state index contributed by atoms with van der Waals surface area (Å²) in [6.45, 7) is 6.08. The van der Waals surface area contributed by atoms with Gasteiger partial charge in [-0.15, -0.1) is 0 Å². The molecular weight excluding hydrogens is 232 g/mol. The zero-order valence-corrected chi connectivity index (χ0v) is 12.4. The third-order valence-electron chi connectivity index (χ3n) is 3.47. The van der Waals surface area contributed by atoms with Gasteiger partial charge in [0.25, 0.3) is 0 Å². The van der Waals surface area contributed by atoms with Crippen LogP contribution in [0.1, 0.15) is 33.1 Å². The van der Waals surface area contributed by atoms with Gasteiger partial charge in [0.05, 0.1) is 6.04 Å². The molecule has 0 saturated carbocycles. The van der Waals surface area contributed by atoms with Crippen LogP contribution >= 0.6 is 11.8 Å². The lowest BCUT2D eigenvalue weighted by molar-refractivity contribution is -0.135. The molecule has 0 N–H and O–H groups in total. The average Bonchev–Trinajstić information content (AvgIpc) is 2.53. The van der Waals surface area contributed by atoms with E-state index >= 15 is 0 Å². The molecule has 1 unspecified atom stereocenters.